The molecule has 1 fully saturated rings. The number of rotatable bonds is 6. The highest BCUT2D eigenvalue weighted by atomic mass is 16.5. The Labute approximate surface area is 91.7 Å². The molecule has 0 aromatic carbocycles. The van der Waals surface area contributed by atoms with E-state index in [0.29, 0.717) is 12.5 Å². The minimum absolute atomic E-state index is 0.137. The number of hydrogen-bond acceptors (Lipinski definition) is 2. The monoisotopic (exact) mass is 208 g/mol. The van der Waals surface area contributed by atoms with Crippen LogP contribution in [0.3, 0.4) is 0 Å². The van der Waals surface area contributed by atoms with Crippen molar-refractivity contribution in [2.75, 3.05) is 6.61 Å². The van der Waals surface area contributed by atoms with Crippen molar-refractivity contribution >= 4 is 5.97 Å². The van der Waals surface area contributed by atoms with Gasteiger partial charge in [0.05, 0.1) is 0 Å². The molecule has 0 spiro atoms. The Balaban J connectivity index is 1.64. The van der Waals surface area contributed by atoms with Crippen molar-refractivity contribution in [3.05, 3.63) is 11.6 Å². The van der Waals surface area contributed by atoms with Gasteiger partial charge in [0.25, 0.3) is 0 Å². The van der Waals surface area contributed by atoms with Crippen molar-refractivity contribution < 1.29 is 9.53 Å². The van der Waals surface area contributed by atoms with Crippen molar-refractivity contribution in [2.24, 2.45) is 11.8 Å². The highest BCUT2D eigenvalue weighted by Crippen LogP contribution is 2.48. The van der Waals surface area contributed by atoms with Gasteiger partial charge < -0.3 is 4.74 Å². The van der Waals surface area contributed by atoms with Gasteiger partial charge in [-0.25, -0.2) is 4.79 Å². The Bertz CT molecular complexity index is 268. The minimum Gasteiger partial charge on any atom is -0.458 e. The van der Waals surface area contributed by atoms with Gasteiger partial charge in [0.1, 0.15) is 6.61 Å². The second-order valence-corrected chi connectivity index (χ2v) is 4.78. The van der Waals surface area contributed by atoms with Crippen molar-refractivity contribution in [2.45, 2.75) is 45.4 Å². The molecule has 84 valence electrons. The summed E-state index contributed by atoms with van der Waals surface area (Å²) in [5, 5.41) is 0. The van der Waals surface area contributed by atoms with E-state index in [2.05, 4.69) is 6.92 Å². The SMILES string of the molecule is CCCCCC[C@H]1C[C@@H]1C1=CC(=O)OC1. The molecule has 0 amide bonds. The molecule has 1 aliphatic carbocycles. The first-order valence-electron chi connectivity index (χ1n) is 6.18. The second kappa shape index (κ2) is 4.82. The lowest BCUT2D eigenvalue weighted by Crippen LogP contribution is -1.94. The Morgan fingerprint density at radius 1 is 1.40 bits per heavy atom. The number of ether oxygens (including phenoxy) is 1. The molecular weight excluding hydrogens is 188 g/mol. The highest BCUT2D eigenvalue weighted by molar-refractivity contribution is 5.85. The fourth-order valence-corrected chi connectivity index (χ4v) is 2.46. The number of unbranched alkanes of at least 4 members (excludes halogenated alkanes) is 3. The fourth-order valence-electron chi connectivity index (χ4n) is 2.46. The lowest BCUT2D eigenvalue weighted by molar-refractivity contribution is -0.134. The van der Waals surface area contributed by atoms with Crippen molar-refractivity contribution in [1.29, 1.82) is 0 Å². The molecule has 1 saturated carbocycles. The lowest BCUT2D eigenvalue weighted by atomic mass is 10.1. The highest BCUT2D eigenvalue weighted by Gasteiger charge is 2.40. The molecule has 2 rings (SSSR count). The van der Waals surface area contributed by atoms with Crippen LogP contribution in [0, 0.1) is 11.8 Å². The largest absolute Gasteiger partial charge is 0.458 e. The molecule has 2 nitrogen and oxygen atoms in total. The van der Waals surface area contributed by atoms with Gasteiger partial charge in [-0.1, -0.05) is 32.6 Å². The van der Waals surface area contributed by atoms with Crippen molar-refractivity contribution in [3.63, 3.8) is 0 Å². The summed E-state index contributed by atoms with van der Waals surface area (Å²) in [7, 11) is 0. The van der Waals surface area contributed by atoms with Crippen LogP contribution in [0.2, 0.25) is 0 Å². The smallest absolute Gasteiger partial charge is 0.331 e. The molecule has 1 aliphatic heterocycles. The summed E-state index contributed by atoms with van der Waals surface area (Å²) in [5.74, 6) is 1.39. The molecule has 0 radical (unpaired) electrons. The van der Waals surface area contributed by atoms with Crippen molar-refractivity contribution in [3.8, 4) is 0 Å². The number of carbonyl (C=O) groups is 1. The first-order valence-corrected chi connectivity index (χ1v) is 6.18. The summed E-state index contributed by atoms with van der Waals surface area (Å²) in [5.41, 5.74) is 1.25. The van der Waals surface area contributed by atoms with Crippen LogP contribution in [0.15, 0.2) is 11.6 Å². The van der Waals surface area contributed by atoms with E-state index in [-0.39, 0.29) is 5.97 Å². The average molecular weight is 208 g/mol. The van der Waals surface area contributed by atoms with Crippen LogP contribution in [0.5, 0.6) is 0 Å². The summed E-state index contributed by atoms with van der Waals surface area (Å²) in [4.78, 5) is 10.9. The molecule has 2 aliphatic rings. The van der Waals surface area contributed by atoms with Gasteiger partial charge in [-0.15, -0.1) is 0 Å². The molecule has 0 N–H and O–H groups in total. The van der Waals surface area contributed by atoms with Gasteiger partial charge in [-0.05, 0) is 30.3 Å². The molecule has 0 aromatic rings. The quantitative estimate of drug-likeness (QED) is 0.495. The van der Waals surface area contributed by atoms with Gasteiger partial charge in [0.15, 0.2) is 0 Å². The number of esters is 1. The summed E-state index contributed by atoms with van der Waals surface area (Å²) >= 11 is 0. The molecular formula is C13H20O2. The van der Waals surface area contributed by atoms with Crippen LogP contribution in [-0.2, 0) is 9.53 Å². The Morgan fingerprint density at radius 2 is 2.27 bits per heavy atom. The normalized spacial score (nSPS) is 28.9. The second-order valence-electron chi connectivity index (χ2n) is 4.78. The van der Waals surface area contributed by atoms with Gasteiger partial charge in [0.2, 0.25) is 0 Å². The van der Waals surface area contributed by atoms with Crippen LogP contribution in [0.4, 0.5) is 0 Å². The Morgan fingerprint density at radius 3 is 2.93 bits per heavy atom. The maximum absolute atomic E-state index is 10.9. The first-order chi connectivity index (χ1) is 7.31. The first kappa shape index (κ1) is 10.7. The predicted molar refractivity (Wildman–Crippen MR) is 59.4 cm³/mol. The van der Waals surface area contributed by atoms with E-state index >= 15 is 0 Å². The molecule has 0 saturated heterocycles. The minimum atomic E-state index is -0.137. The van der Waals surface area contributed by atoms with E-state index in [0.717, 1.165) is 5.92 Å². The Kier molecular flexibility index (Phi) is 3.45. The van der Waals surface area contributed by atoms with Crippen LogP contribution in [-0.4, -0.2) is 12.6 Å². The zero-order chi connectivity index (χ0) is 10.7. The molecule has 2 heteroatoms. The average Bonchev–Trinajstić information content (AvgIpc) is 2.88. The standard InChI is InChI=1S/C13H20O2/c1-2-3-4-5-6-10-7-12(10)11-8-13(14)15-9-11/h8,10,12H,2-7,9H2,1H3/t10-,12-/m0/s1. The van der Waals surface area contributed by atoms with Gasteiger partial charge in [-0.2, -0.15) is 0 Å². The van der Waals surface area contributed by atoms with E-state index < -0.39 is 0 Å². The summed E-state index contributed by atoms with van der Waals surface area (Å²) in [6.07, 6.45) is 9.73. The zero-order valence-electron chi connectivity index (χ0n) is 9.50. The van der Waals surface area contributed by atoms with Gasteiger partial charge in [0, 0.05) is 6.08 Å². The van der Waals surface area contributed by atoms with E-state index in [1.807, 2.05) is 0 Å². The van der Waals surface area contributed by atoms with Crippen LogP contribution >= 0.6 is 0 Å². The third-order valence-corrected chi connectivity index (χ3v) is 3.51. The molecule has 0 aromatic heterocycles. The predicted octanol–water partition coefficient (Wildman–Crippen LogP) is 3.08. The third-order valence-electron chi connectivity index (χ3n) is 3.51. The summed E-state index contributed by atoms with van der Waals surface area (Å²) in [6, 6.07) is 0. The van der Waals surface area contributed by atoms with Crippen LogP contribution < -0.4 is 0 Å². The van der Waals surface area contributed by atoms with E-state index in [9.17, 15) is 4.79 Å². The third kappa shape index (κ3) is 2.83. The summed E-state index contributed by atoms with van der Waals surface area (Å²) < 4.78 is 4.93. The molecule has 0 unspecified atom stereocenters. The number of cyclic esters (lactones) is 1. The number of hydrogen-bond donors (Lipinski definition) is 0. The van der Waals surface area contributed by atoms with E-state index in [1.165, 1.54) is 44.1 Å². The van der Waals surface area contributed by atoms with Crippen LogP contribution in [0.25, 0.3) is 0 Å². The van der Waals surface area contributed by atoms with Gasteiger partial charge >= 0.3 is 5.97 Å². The van der Waals surface area contributed by atoms with Crippen molar-refractivity contribution in [1.82, 2.24) is 0 Å². The number of carbonyl (C=O) groups excluding carboxylic acids is 1. The maximum atomic E-state index is 10.9. The van der Waals surface area contributed by atoms with Gasteiger partial charge in [-0.3, -0.25) is 0 Å². The zero-order valence-corrected chi connectivity index (χ0v) is 9.50. The van der Waals surface area contributed by atoms with Crippen LogP contribution in [0.1, 0.15) is 45.4 Å². The topological polar surface area (TPSA) is 26.3 Å². The van der Waals surface area contributed by atoms with E-state index in [4.69, 9.17) is 4.74 Å². The molecule has 0 bridgehead atoms. The summed E-state index contributed by atoms with van der Waals surface area (Å²) in [6.45, 7) is 2.81. The maximum Gasteiger partial charge on any atom is 0.331 e. The lowest BCUT2D eigenvalue weighted by Gasteiger charge is -2.00. The van der Waals surface area contributed by atoms with E-state index in [1.54, 1.807) is 6.08 Å². The molecule has 15 heavy (non-hydrogen) atoms. The molecule has 2 atom stereocenters. The fraction of sp³-hybridized carbons (Fsp3) is 0.769. The molecule has 1 heterocycles. The Hall–Kier alpha value is -0.790.